The molecule has 0 aliphatic heterocycles. The Bertz CT molecular complexity index is 93.8. The quantitative estimate of drug-likeness (QED) is 0.402. The molecule has 54 valence electrons. The predicted molar refractivity (Wildman–Crippen MR) is 31.7 cm³/mol. The van der Waals surface area contributed by atoms with E-state index in [2.05, 4.69) is 0 Å². The van der Waals surface area contributed by atoms with Crippen LogP contribution in [0.25, 0.3) is 0 Å². The Morgan fingerprint density at radius 1 is 1.44 bits per heavy atom. The summed E-state index contributed by atoms with van der Waals surface area (Å²) in [7, 11) is 0. The van der Waals surface area contributed by atoms with Gasteiger partial charge in [-0.05, 0) is 0 Å². The van der Waals surface area contributed by atoms with Crippen molar-refractivity contribution in [3.05, 3.63) is 0 Å². The van der Waals surface area contributed by atoms with Crippen molar-refractivity contribution in [2.75, 3.05) is 19.3 Å². The lowest BCUT2D eigenvalue weighted by Gasteiger charge is -2.13. The van der Waals surface area contributed by atoms with Gasteiger partial charge in [0.1, 0.15) is 19.3 Å². The van der Waals surface area contributed by atoms with Crippen LogP contribution in [0.15, 0.2) is 0 Å². The van der Waals surface area contributed by atoms with Crippen LogP contribution in [-0.2, 0) is 4.79 Å². The van der Waals surface area contributed by atoms with E-state index in [1.807, 2.05) is 0 Å². The maximum atomic E-state index is 10.4. The normalized spacial score (nSPS) is 9.22. The van der Waals surface area contributed by atoms with E-state index in [0.717, 1.165) is 4.90 Å². The second-order valence-electron chi connectivity index (χ2n) is 1.35. The third-order valence-corrected chi connectivity index (χ3v) is 1.04. The largest absolute Gasteiger partial charge is 0.376 e. The minimum absolute atomic E-state index is 0.221. The molecule has 0 rings (SSSR count). The van der Waals surface area contributed by atoms with E-state index in [9.17, 15) is 4.79 Å². The molecule has 0 aromatic heterocycles. The van der Waals surface area contributed by atoms with Crippen molar-refractivity contribution in [1.82, 2.24) is 4.90 Å². The molecule has 0 unspecified atom stereocenters. The molecule has 0 saturated heterocycles. The van der Waals surface area contributed by atoms with Crippen LogP contribution in [0.2, 0.25) is 0 Å². The zero-order chi connectivity index (χ0) is 7.28. The van der Waals surface area contributed by atoms with Gasteiger partial charge in [-0.15, -0.1) is 11.6 Å². The molecule has 0 spiro atoms. The number of aliphatic hydroxyl groups excluding tert-OH is 2. The monoisotopic (exact) mass is 153 g/mol. The first-order valence-electron chi connectivity index (χ1n) is 2.31. The Morgan fingerprint density at radius 2 is 1.89 bits per heavy atom. The number of carbonyl (C=O) groups excluding carboxylic acids is 1. The summed E-state index contributed by atoms with van der Waals surface area (Å²) >= 11 is 5.09. The first-order chi connectivity index (χ1) is 4.26. The molecule has 0 heterocycles. The van der Waals surface area contributed by atoms with Crippen LogP contribution >= 0.6 is 11.6 Å². The van der Waals surface area contributed by atoms with Crippen molar-refractivity contribution in [2.45, 2.75) is 0 Å². The van der Waals surface area contributed by atoms with E-state index in [0.29, 0.717) is 0 Å². The highest BCUT2D eigenvalue weighted by molar-refractivity contribution is 6.27. The number of carbonyl (C=O) groups is 1. The molecule has 0 aromatic carbocycles. The second-order valence-corrected chi connectivity index (χ2v) is 1.62. The fraction of sp³-hybridized carbons (Fsp3) is 0.750. The minimum atomic E-state index is -0.498. The van der Waals surface area contributed by atoms with Gasteiger partial charge in [0.25, 0.3) is 0 Å². The smallest absolute Gasteiger partial charge is 0.241 e. The Kier molecular flexibility index (Phi) is 4.39. The topological polar surface area (TPSA) is 60.8 Å². The number of rotatable bonds is 3. The highest BCUT2D eigenvalue weighted by Gasteiger charge is 2.07. The van der Waals surface area contributed by atoms with Crippen LogP contribution in [-0.4, -0.2) is 40.4 Å². The van der Waals surface area contributed by atoms with Crippen molar-refractivity contribution in [1.29, 1.82) is 0 Å². The Balaban J connectivity index is 3.64. The Labute approximate surface area is 57.6 Å². The first kappa shape index (κ1) is 8.68. The average Bonchev–Trinajstić information content (AvgIpc) is 1.90. The molecule has 1 amide bonds. The highest BCUT2D eigenvalue weighted by Crippen LogP contribution is 1.87. The fourth-order valence-corrected chi connectivity index (χ4v) is 0.456. The SMILES string of the molecule is O=C(CCl)N(CO)CO. The van der Waals surface area contributed by atoms with Gasteiger partial charge in [-0.3, -0.25) is 9.69 Å². The standard InChI is InChI=1S/C4H8ClNO3/c5-1-4(9)6(2-7)3-8/h7-8H,1-3H2. The van der Waals surface area contributed by atoms with Crippen LogP contribution in [0.5, 0.6) is 0 Å². The lowest BCUT2D eigenvalue weighted by Crippen LogP contribution is -2.33. The molecular formula is C4H8ClNO3. The van der Waals surface area contributed by atoms with Gasteiger partial charge in [0.05, 0.1) is 0 Å². The molecule has 9 heavy (non-hydrogen) atoms. The third-order valence-electron chi connectivity index (χ3n) is 0.808. The van der Waals surface area contributed by atoms with E-state index in [-0.39, 0.29) is 5.88 Å². The lowest BCUT2D eigenvalue weighted by atomic mass is 10.6. The van der Waals surface area contributed by atoms with Gasteiger partial charge in [-0.2, -0.15) is 0 Å². The van der Waals surface area contributed by atoms with Crippen LogP contribution in [0, 0.1) is 0 Å². The van der Waals surface area contributed by atoms with Crippen LogP contribution < -0.4 is 0 Å². The molecule has 0 atom stereocenters. The molecule has 0 fully saturated rings. The van der Waals surface area contributed by atoms with Gasteiger partial charge < -0.3 is 10.2 Å². The van der Waals surface area contributed by atoms with Gasteiger partial charge in [0.2, 0.25) is 5.91 Å². The molecule has 2 N–H and O–H groups in total. The molecule has 4 nitrogen and oxygen atoms in total. The second kappa shape index (κ2) is 4.55. The van der Waals surface area contributed by atoms with E-state index in [1.54, 1.807) is 0 Å². The predicted octanol–water partition coefficient (Wildman–Crippen LogP) is -1.05. The van der Waals surface area contributed by atoms with E-state index < -0.39 is 19.4 Å². The summed E-state index contributed by atoms with van der Waals surface area (Å²) in [6.45, 7) is -0.996. The third kappa shape index (κ3) is 2.64. The maximum absolute atomic E-state index is 10.4. The number of hydrogen-bond donors (Lipinski definition) is 2. The van der Waals surface area contributed by atoms with Crippen molar-refractivity contribution in [3.63, 3.8) is 0 Å². The molecule has 5 heteroatoms. The van der Waals surface area contributed by atoms with Gasteiger partial charge in [-0.1, -0.05) is 0 Å². The highest BCUT2D eigenvalue weighted by atomic mass is 35.5. The lowest BCUT2D eigenvalue weighted by molar-refractivity contribution is -0.136. The zero-order valence-electron chi connectivity index (χ0n) is 4.75. The summed E-state index contributed by atoms with van der Waals surface area (Å²) in [6.07, 6.45) is 0. The van der Waals surface area contributed by atoms with Gasteiger partial charge in [0.15, 0.2) is 0 Å². The Hall–Kier alpha value is -0.320. The first-order valence-corrected chi connectivity index (χ1v) is 2.85. The van der Waals surface area contributed by atoms with Crippen LogP contribution in [0.1, 0.15) is 0 Å². The molecular weight excluding hydrogens is 146 g/mol. The van der Waals surface area contributed by atoms with Crippen LogP contribution in [0.4, 0.5) is 0 Å². The van der Waals surface area contributed by atoms with E-state index in [4.69, 9.17) is 21.8 Å². The van der Waals surface area contributed by atoms with Crippen LogP contribution in [0.3, 0.4) is 0 Å². The number of halogens is 1. The van der Waals surface area contributed by atoms with Crippen molar-refractivity contribution >= 4 is 17.5 Å². The van der Waals surface area contributed by atoms with Crippen molar-refractivity contribution in [2.24, 2.45) is 0 Å². The fourth-order valence-electron chi connectivity index (χ4n) is 0.287. The van der Waals surface area contributed by atoms with Gasteiger partial charge in [-0.25, -0.2) is 0 Å². The maximum Gasteiger partial charge on any atom is 0.241 e. The number of hydrogen-bond acceptors (Lipinski definition) is 3. The molecule has 0 aromatic rings. The molecule has 0 bridgehead atoms. The number of aliphatic hydroxyl groups is 2. The van der Waals surface area contributed by atoms with Gasteiger partial charge in [0, 0.05) is 0 Å². The van der Waals surface area contributed by atoms with E-state index >= 15 is 0 Å². The zero-order valence-corrected chi connectivity index (χ0v) is 5.51. The molecule has 0 saturated carbocycles. The summed E-state index contributed by atoms with van der Waals surface area (Å²) in [5, 5.41) is 16.6. The van der Waals surface area contributed by atoms with E-state index in [1.165, 1.54) is 0 Å². The van der Waals surface area contributed by atoms with Crippen molar-refractivity contribution < 1.29 is 15.0 Å². The number of nitrogens with zero attached hydrogens (tertiary/aromatic N) is 1. The minimum Gasteiger partial charge on any atom is -0.376 e. The molecule has 0 aliphatic rings. The van der Waals surface area contributed by atoms with Crippen molar-refractivity contribution in [3.8, 4) is 0 Å². The summed E-state index contributed by atoms with van der Waals surface area (Å²) in [5.74, 6) is -0.706. The molecule has 0 aliphatic carbocycles. The number of amides is 1. The summed E-state index contributed by atoms with van der Waals surface area (Å²) in [6, 6.07) is 0. The van der Waals surface area contributed by atoms with Gasteiger partial charge >= 0.3 is 0 Å². The molecule has 0 radical (unpaired) electrons. The summed E-state index contributed by atoms with van der Waals surface area (Å²) in [5.41, 5.74) is 0. The summed E-state index contributed by atoms with van der Waals surface area (Å²) < 4.78 is 0. The summed E-state index contributed by atoms with van der Waals surface area (Å²) in [4.78, 5) is 11.3. The Morgan fingerprint density at radius 3 is 2.00 bits per heavy atom. The average molecular weight is 154 g/mol. The number of alkyl halides is 1.